The third kappa shape index (κ3) is 4.63. The SMILES string of the molecule is COc1ccc(-n2c(C)ccc2[C@@H]2[C@H](c3ccccn3)NC(=S)N2c2ccc(OC3CCCC3)cc2)cc1. The first-order valence-electron chi connectivity index (χ1n) is 13.2. The molecule has 0 unspecified atom stereocenters. The predicted octanol–water partition coefficient (Wildman–Crippen LogP) is 6.69. The fraction of sp³-hybridized carbons (Fsp3) is 0.290. The summed E-state index contributed by atoms with van der Waals surface area (Å²) in [6, 6.07) is 26.7. The molecule has 38 heavy (non-hydrogen) atoms. The third-order valence-electron chi connectivity index (χ3n) is 7.56. The van der Waals surface area contributed by atoms with Crippen molar-refractivity contribution < 1.29 is 9.47 Å². The topological polar surface area (TPSA) is 51.5 Å². The van der Waals surface area contributed by atoms with Crippen molar-refractivity contribution in [1.82, 2.24) is 14.9 Å². The van der Waals surface area contributed by atoms with Crippen LogP contribution in [0.4, 0.5) is 5.69 Å². The number of methoxy groups -OCH3 is 1. The van der Waals surface area contributed by atoms with Crippen LogP contribution < -0.4 is 19.7 Å². The van der Waals surface area contributed by atoms with Gasteiger partial charge in [0.15, 0.2) is 5.11 Å². The summed E-state index contributed by atoms with van der Waals surface area (Å²) in [6.07, 6.45) is 6.94. The average molecular weight is 525 g/mol. The first kappa shape index (κ1) is 24.5. The maximum absolute atomic E-state index is 6.23. The molecule has 6 rings (SSSR count). The van der Waals surface area contributed by atoms with Gasteiger partial charge in [-0.2, -0.15) is 0 Å². The van der Waals surface area contributed by atoms with Gasteiger partial charge in [-0.3, -0.25) is 4.98 Å². The van der Waals surface area contributed by atoms with Crippen LogP contribution in [-0.2, 0) is 0 Å². The van der Waals surface area contributed by atoms with Gasteiger partial charge >= 0.3 is 0 Å². The van der Waals surface area contributed by atoms with E-state index < -0.39 is 0 Å². The number of aryl methyl sites for hydroxylation is 1. The highest BCUT2D eigenvalue weighted by Crippen LogP contribution is 2.43. The molecule has 6 nitrogen and oxygen atoms in total. The summed E-state index contributed by atoms with van der Waals surface area (Å²) in [4.78, 5) is 6.92. The van der Waals surface area contributed by atoms with Gasteiger partial charge < -0.3 is 24.3 Å². The molecule has 2 fully saturated rings. The summed E-state index contributed by atoms with van der Waals surface area (Å²) < 4.78 is 13.9. The standard InChI is InChI=1S/C31H32N4O2S/c1-21-10-19-28(34(21)22-11-15-24(36-2)16-12-22)30-29(27-9-5-6-20-32-27)33-31(38)35(30)23-13-17-26(18-14-23)37-25-7-3-4-8-25/h5-6,9-20,25,29-30H,3-4,7-8H2,1-2H3,(H,33,38)/t29-,30+/m0/s1. The van der Waals surface area contributed by atoms with E-state index in [1.807, 2.05) is 30.5 Å². The van der Waals surface area contributed by atoms with Gasteiger partial charge in [-0.05, 0) is 118 Å². The second-order valence-electron chi connectivity index (χ2n) is 9.95. The monoisotopic (exact) mass is 524 g/mol. The van der Waals surface area contributed by atoms with E-state index in [0.717, 1.165) is 52.8 Å². The largest absolute Gasteiger partial charge is 0.497 e. The zero-order chi connectivity index (χ0) is 26.1. The Kier molecular flexibility index (Phi) is 6.77. The van der Waals surface area contributed by atoms with E-state index in [-0.39, 0.29) is 12.1 Å². The molecule has 194 valence electrons. The van der Waals surface area contributed by atoms with Crippen molar-refractivity contribution in [2.24, 2.45) is 0 Å². The Morgan fingerprint density at radius 2 is 1.58 bits per heavy atom. The van der Waals surface area contributed by atoms with E-state index >= 15 is 0 Å². The molecule has 2 aromatic heterocycles. The number of aromatic nitrogens is 2. The number of thiocarbonyl (C=S) groups is 1. The molecule has 1 aliphatic carbocycles. The molecular weight excluding hydrogens is 492 g/mol. The number of rotatable bonds is 7. The second kappa shape index (κ2) is 10.5. The van der Waals surface area contributed by atoms with Crippen molar-refractivity contribution in [2.45, 2.75) is 50.8 Å². The second-order valence-corrected chi connectivity index (χ2v) is 10.3. The zero-order valence-corrected chi connectivity index (χ0v) is 22.5. The van der Waals surface area contributed by atoms with Crippen molar-refractivity contribution >= 4 is 23.0 Å². The average Bonchev–Trinajstić information content (AvgIpc) is 3.69. The highest BCUT2D eigenvalue weighted by molar-refractivity contribution is 7.80. The van der Waals surface area contributed by atoms with Crippen molar-refractivity contribution in [3.8, 4) is 17.2 Å². The van der Waals surface area contributed by atoms with Crippen LogP contribution in [0.15, 0.2) is 85.1 Å². The molecule has 2 aliphatic rings. The van der Waals surface area contributed by atoms with E-state index in [9.17, 15) is 0 Å². The summed E-state index contributed by atoms with van der Waals surface area (Å²) >= 11 is 5.95. The van der Waals surface area contributed by atoms with Gasteiger partial charge in [0.05, 0.1) is 24.9 Å². The number of hydrogen-bond donors (Lipinski definition) is 1. The summed E-state index contributed by atoms with van der Waals surface area (Å²) in [5.41, 5.74) is 5.31. The quantitative estimate of drug-likeness (QED) is 0.272. The summed E-state index contributed by atoms with van der Waals surface area (Å²) in [5, 5.41) is 4.25. The summed E-state index contributed by atoms with van der Waals surface area (Å²) in [5.74, 6) is 1.74. The van der Waals surface area contributed by atoms with Crippen LogP contribution in [0.1, 0.15) is 54.8 Å². The van der Waals surface area contributed by atoms with Crippen LogP contribution in [0.3, 0.4) is 0 Å². The summed E-state index contributed by atoms with van der Waals surface area (Å²) in [7, 11) is 1.69. The molecule has 1 N–H and O–H groups in total. The van der Waals surface area contributed by atoms with Gasteiger partial charge in [0.2, 0.25) is 0 Å². The van der Waals surface area contributed by atoms with Crippen molar-refractivity contribution in [3.63, 3.8) is 0 Å². The van der Waals surface area contributed by atoms with E-state index in [4.69, 9.17) is 26.7 Å². The molecule has 0 spiro atoms. The number of hydrogen-bond acceptors (Lipinski definition) is 4. The van der Waals surface area contributed by atoms with Gasteiger partial charge in [0.1, 0.15) is 17.5 Å². The molecule has 7 heteroatoms. The minimum atomic E-state index is -0.121. The summed E-state index contributed by atoms with van der Waals surface area (Å²) in [6.45, 7) is 2.13. The van der Waals surface area contributed by atoms with Gasteiger partial charge in [-0.25, -0.2) is 0 Å². The van der Waals surface area contributed by atoms with Crippen LogP contribution in [0, 0.1) is 6.92 Å². The smallest absolute Gasteiger partial charge is 0.174 e. The van der Waals surface area contributed by atoms with Crippen LogP contribution in [-0.4, -0.2) is 27.9 Å². The molecule has 1 saturated heterocycles. The first-order valence-corrected chi connectivity index (χ1v) is 13.6. The van der Waals surface area contributed by atoms with Crippen LogP contribution in [0.5, 0.6) is 11.5 Å². The van der Waals surface area contributed by atoms with Crippen LogP contribution in [0.2, 0.25) is 0 Å². The number of benzene rings is 2. The van der Waals surface area contributed by atoms with Gasteiger partial charge in [-0.1, -0.05) is 6.07 Å². The number of ether oxygens (including phenoxy) is 2. The minimum absolute atomic E-state index is 0.116. The van der Waals surface area contributed by atoms with Gasteiger partial charge in [0.25, 0.3) is 0 Å². The Hall–Kier alpha value is -3.84. The third-order valence-corrected chi connectivity index (χ3v) is 7.87. The molecular formula is C31H32N4O2S. The highest BCUT2D eigenvalue weighted by atomic mass is 32.1. The predicted molar refractivity (Wildman–Crippen MR) is 154 cm³/mol. The molecule has 1 saturated carbocycles. The molecule has 0 bridgehead atoms. The molecule has 0 radical (unpaired) electrons. The minimum Gasteiger partial charge on any atom is -0.497 e. The number of nitrogens with one attached hydrogen (secondary N) is 1. The lowest BCUT2D eigenvalue weighted by atomic mass is 10.0. The Morgan fingerprint density at radius 3 is 2.26 bits per heavy atom. The Labute approximate surface area is 229 Å². The molecule has 0 amide bonds. The normalized spacial score (nSPS) is 19.5. The van der Waals surface area contributed by atoms with Gasteiger partial charge in [-0.15, -0.1) is 0 Å². The Bertz CT molecular complexity index is 1400. The lowest BCUT2D eigenvalue weighted by molar-refractivity contribution is 0.210. The first-order chi connectivity index (χ1) is 18.6. The molecule has 2 atom stereocenters. The lowest BCUT2D eigenvalue weighted by Gasteiger charge is -2.29. The van der Waals surface area contributed by atoms with Crippen LogP contribution >= 0.6 is 12.2 Å². The molecule has 3 heterocycles. The van der Waals surface area contributed by atoms with Crippen molar-refractivity contribution in [2.75, 3.05) is 12.0 Å². The Balaban J connectivity index is 1.41. The zero-order valence-electron chi connectivity index (χ0n) is 21.7. The number of pyridine rings is 1. The van der Waals surface area contributed by atoms with Crippen molar-refractivity contribution in [1.29, 1.82) is 0 Å². The molecule has 2 aromatic carbocycles. The maximum Gasteiger partial charge on any atom is 0.174 e. The van der Waals surface area contributed by atoms with E-state index in [0.29, 0.717) is 11.2 Å². The maximum atomic E-state index is 6.23. The number of nitrogens with zero attached hydrogens (tertiary/aromatic N) is 3. The fourth-order valence-corrected chi connectivity index (χ4v) is 6.04. The Morgan fingerprint density at radius 1 is 0.868 bits per heavy atom. The molecule has 1 aliphatic heterocycles. The van der Waals surface area contributed by atoms with E-state index in [1.165, 1.54) is 12.8 Å². The van der Waals surface area contributed by atoms with Crippen LogP contribution in [0.25, 0.3) is 5.69 Å². The number of anilines is 1. The highest BCUT2D eigenvalue weighted by Gasteiger charge is 2.42. The van der Waals surface area contributed by atoms with E-state index in [1.54, 1.807) is 7.11 Å². The molecule has 4 aromatic rings. The fourth-order valence-electron chi connectivity index (χ4n) is 5.69. The lowest BCUT2D eigenvalue weighted by Crippen LogP contribution is -2.30. The van der Waals surface area contributed by atoms with Crippen molar-refractivity contribution in [3.05, 3.63) is 102 Å². The van der Waals surface area contributed by atoms with E-state index in [2.05, 4.69) is 76.3 Å². The van der Waals surface area contributed by atoms with Gasteiger partial charge in [0, 0.05) is 29.0 Å².